The molecule has 7 heteroatoms. The van der Waals surface area contributed by atoms with Gasteiger partial charge in [-0.25, -0.2) is 4.68 Å². The first-order valence-electron chi connectivity index (χ1n) is 8.14. The van der Waals surface area contributed by atoms with Crippen LogP contribution in [0.3, 0.4) is 0 Å². The molecule has 6 nitrogen and oxygen atoms in total. The van der Waals surface area contributed by atoms with Crippen molar-refractivity contribution in [3.05, 3.63) is 35.5 Å². The van der Waals surface area contributed by atoms with Gasteiger partial charge in [0, 0.05) is 18.1 Å². The van der Waals surface area contributed by atoms with Gasteiger partial charge in [-0.2, -0.15) is 0 Å². The predicted molar refractivity (Wildman–Crippen MR) is 93.3 cm³/mol. The molecule has 1 atom stereocenters. The van der Waals surface area contributed by atoms with Crippen LogP contribution in [0.1, 0.15) is 29.4 Å². The Balaban J connectivity index is 1.71. The molecule has 1 aliphatic carbocycles. The van der Waals surface area contributed by atoms with Crippen LogP contribution in [0.25, 0.3) is 10.9 Å². The van der Waals surface area contributed by atoms with Crippen molar-refractivity contribution in [1.29, 1.82) is 0 Å². The topological polar surface area (TPSA) is 65.6 Å². The molecule has 1 aliphatic rings. The smallest absolute Gasteiger partial charge is 0.241 e. The summed E-state index contributed by atoms with van der Waals surface area (Å²) in [6.07, 6.45) is 3.15. The van der Waals surface area contributed by atoms with Crippen LogP contribution in [0.5, 0.6) is 0 Å². The van der Waals surface area contributed by atoms with E-state index in [1.807, 2.05) is 16.7 Å². The zero-order valence-corrected chi connectivity index (χ0v) is 14.6. The van der Waals surface area contributed by atoms with Gasteiger partial charge in [0.1, 0.15) is 0 Å². The molecule has 3 aromatic rings. The van der Waals surface area contributed by atoms with Gasteiger partial charge in [0.05, 0.1) is 11.3 Å². The summed E-state index contributed by atoms with van der Waals surface area (Å²) < 4.78 is 3.51. The zero-order chi connectivity index (χ0) is 16.7. The van der Waals surface area contributed by atoms with Crippen molar-refractivity contribution in [3.63, 3.8) is 0 Å². The third-order valence-corrected chi connectivity index (χ3v) is 5.67. The molecule has 0 radical (unpaired) electrons. The molecule has 1 aromatic carbocycles. The average molecular weight is 341 g/mol. The van der Waals surface area contributed by atoms with Crippen molar-refractivity contribution in [2.24, 2.45) is 13.0 Å². The zero-order valence-electron chi connectivity index (χ0n) is 13.8. The van der Waals surface area contributed by atoms with Crippen LogP contribution in [-0.4, -0.2) is 36.4 Å². The van der Waals surface area contributed by atoms with Gasteiger partial charge in [-0.3, -0.25) is 9.36 Å². The summed E-state index contributed by atoms with van der Waals surface area (Å²) in [6.45, 7) is 2.29. The number of thioether (sulfide) groups is 1. The molecule has 24 heavy (non-hydrogen) atoms. The highest BCUT2D eigenvalue weighted by atomic mass is 32.2. The molecular formula is C17H19N5OS. The van der Waals surface area contributed by atoms with E-state index in [2.05, 4.69) is 34.6 Å². The quantitative estimate of drug-likeness (QED) is 0.685. The van der Waals surface area contributed by atoms with E-state index in [4.69, 9.17) is 0 Å². The summed E-state index contributed by atoms with van der Waals surface area (Å²) in [4.78, 5) is 12.9. The van der Waals surface area contributed by atoms with Crippen molar-refractivity contribution < 1.29 is 4.79 Å². The molecule has 124 valence electrons. The average Bonchev–Trinajstić information content (AvgIpc) is 3.13. The Bertz CT molecular complexity index is 913. The minimum Gasteiger partial charge on any atom is -0.283 e. The maximum absolute atomic E-state index is 12.9. The lowest BCUT2D eigenvalue weighted by Gasteiger charge is -2.20. The number of nitrogens with zero attached hydrogens (tertiary/aromatic N) is 5. The Labute approximate surface area is 144 Å². The maximum atomic E-state index is 12.9. The predicted octanol–water partition coefficient (Wildman–Crippen LogP) is 2.72. The van der Waals surface area contributed by atoms with E-state index < -0.39 is 0 Å². The summed E-state index contributed by atoms with van der Waals surface area (Å²) in [5.41, 5.74) is 3.57. The number of hydrogen-bond donors (Lipinski definition) is 0. The summed E-state index contributed by atoms with van der Waals surface area (Å²) in [7, 11) is 1.78. The van der Waals surface area contributed by atoms with Crippen LogP contribution in [0.15, 0.2) is 29.4 Å². The second-order valence-corrected chi connectivity index (χ2v) is 7.34. The number of aromatic nitrogens is 5. The largest absolute Gasteiger partial charge is 0.283 e. The van der Waals surface area contributed by atoms with Gasteiger partial charge >= 0.3 is 0 Å². The third kappa shape index (κ3) is 2.53. The van der Waals surface area contributed by atoms with Gasteiger partial charge in [-0.1, -0.05) is 36.9 Å². The van der Waals surface area contributed by atoms with Crippen molar-refractivity contribution in [2.75, 3.05) is 5.75 Å². The number of fused-ring (bicyclic) bond motifs is 3. The van der Waals surface area contributed by atoms with Crippen molar-refractivity contribution >= 4 is 28.6 Å². The van der Waals surface area contributed by atoms with Crippen LogP contribution in [0.4, 0.5) is 0 Å². The SMILES string of the molecule is CC1CCc2c(c3ccccc3n2C(=O)CSc2nnnn2C)C1. The number of carbonyl (C=O) groups excluding carboxylic acids is 1. The molecule has 2 heterocycles. The molecule has 0 saturated heterocycles. The molecule has 0 amide bonds. The molecule has 0 saturated carbocycles. The van der Waals surface area contributed by atoms with E-state index in [9.17, 15) is 4.79 Å². The highest BCUT2D eigenvalue weighted by molar-refractivity contribution is 7.99. The van der Waals surface area contributed by atoms with Gasteiger partial charge in [0.25, 0.3) is 0 Å². The van der Waals surface area contributed by atoms with Gasteiger partial charge in [0.15, 0.2) is 0 Å². The van der Waals surface area contributed by atoms with Crippen molar-refractivity contribution in [2.45, 2.75) is 31.3 Å². The fraction of sp³-hybridized carbons (Fsp3) is 0.412. The fourth-order valence-electron chi connectivity index (χ4n) is 3.50. The lowest BCUT2D eigenvalue weighted by atomic mass is 9.88. The first-order chi connectivity index (χ1) is 11.6. The Morgan fingerprint density at radius 2 is 2.21 bits per heavy atom. The molecule has 0 spiro atoms. The number of benzene rings is 1. The monoisotopic (exact) mass is 341 g/mol. The molecule has 0 aliphatic heterocycles. The Kier molecular flexibility index (Phi) is 3.88. The second-order valence-electron chi connectivity index (χ2n) is 6.39. The van der Waals surface area contributed by atoms with Crippen molar-refractivity contribution in [1.82, 2.24) is 24.8 Å². The van der Waals surface area contributed by atoms with Gasteiger partial charge in [0.2, 0.25) is 11.1 Å². The van der Waals surface area contributed by atoms with E-state index in [1.165, 1.54) is 28.4 Å². The van der Waals surface area contributed by atoms with Gasteiger partial charge in [-0.15, -0.1) is 5.10 Å². The van der Waals surface area contributed by atoms with Gasteiger partial charge in [-0.05, 0) is 47.2 Å². The lowest BCUT2D eigenvalue weighted by Crippen LogP contribution is -2.20. The maximum Gasteiger partial charge on any atom is 0.241 e. The highest BCUT2D eigenvalue weighted by Crippen LogP contribution is 2.34. The summed E-state index contributed by atoms with van der Waals surface area (Å²) in [5.74, 6) is 1.09. The molecule has 4 rings (SSSR count). The van der Waals surface area contributed by atoms with Crippen LogP contribution in [-0.2, 0) is 19.9 Å². The number of tetrazole rings is 1. The summed E-state index contributed by atoms with van der Waals surface area (Å²) in [6, 6.07) is 8.23. The Morgan fingerprint density at radius 3 is 3.00 bits per heavy atom. The van der Waals surface area contributed by atoms with Crippen LogP contribution < -0.4 is 0 Å². The number of rotatable bonds is 3. The van der Waals surface area contributed by atoms with E-state index >= 15 is 0 Å². The number of hydrogen-bond acceptors (Lipinski definition) is 5. The molecule has 0 fully saturated rings. The summed E-state index contributed by atoms with van der Waals surface area (Å²) >= 11 is 1.38. The molecular weight excluding hydrogens is 322 g/mol. The number of aryl methyl sites for hydroxylation is 1. The van der Waals surface area contributed by atoms with Gasteiger partial charge < -0.3 is 0 Å². The number of carbonyl (C=O) groups is 1. The Morgan fingerprint density at radius 1 is 1.38 bits per heavy atom. The highest BCUT2D eigenvalue weighted by Gasteiger charge is 2.26. The first kappa shape index (κ1) is 15.4. The second kappa shape index (κ2) is 6.05. The number of para-hydroxylation sites is 1. The normalized spacial score (nSPS) is 17.2. The van der Waals surface area contributed by atoms with E-state index in [0.29, 0.717) is 16.8 Å². The Hall–Kier alpha value is -2.15. The lowest BCUT2D eigenvalue weighted by molar-refractivity contribution is 0.0943. The van der Waals surface area contributed by atoms with Crippen LogP contribution >= 0.6 is 11.8 Å². The van der Waals surface area contributed by atoms with E-state index in [1.54, 1.807) is 11.7 Å². The fourth-order valence-corrected chi connectivity index (χ4v) is 4.20. The van der Waals surface area contributed by atoms with E-state index in [-0.39, 0.29) is 5.91 Å². The van der Waals surface area contributed by atoms with Crippen LogP contribution in [0.2, 0.25) is 0 Å². The molecule has 0 bridgehead atoms. The minimum atomic E-state index is 0.0926. The standard InChI is InChI=1S/C17H19N5OS/c1-11-7-8-15-13(9-11)12-5-3-4-6-14(12)22(15)16(23)10-24-17-18-19-20-21(17)2/h3-6,11H,7-10H2,1-2H3. The third-order valence-electron chi connectivity index (χ3n) is 4.67. The van der Waals surface area contributed by atoms with E-state index in [0.717, 1.165) is 24.8 Å². The molecule has 1 unspecified atom stereocenters. The molecule has 0 N–H and O–H groups in total. The minimum absolute atomic E-state index is 0.0926. The first-order valence-corrected chi connectivity index (χ1v) is 9.13. The molecule has 2 aromatic heterocycles. The van der Waals surface area contributed by atoms with Crippen molar-refractivity contribution in [3.8, 4) is 0 Å². The van der Waals surface area contributed by atoms with Crippen LogP contribution in [0, 0.1) is 5.92 Å². The summed E-state index contributed by atoms with van der Waals surface area (Å²) in [5, 5.41) is 13.2.